The first-order chi connectivity index (χ1) is 11.7. The second-order valence-corrected chi connectivity index (χ2v) is 6.96. The summed E-state index contributed by atoms with van der Waals surface area (Å²) in [6, 6.07) is 3.80. The van der Waals surface area contributed by atoms with E-state index < -0.39 is 11.6 Å². The Kier molecular flexibility index (Phi) is 4.28. The third-order valence-electron chi connectivity index (χ3n) is 4.48. The SMILES string of the molecule is Fc1cccc(F)c1C1=NOC(c2csc(C3CCNCC3)n2)C1. The summed E-state index contributed by atoms with van der Waals surface area (Å²) >= 11 is 1.63. The monoisotopic (exact) mass is 349 g/mol. The molecule has 1 atom stereocenters. The van der Waals surface area contributed by atoms with Crippen molar-refractivity contribution in [1.29, 1.82) is 0 Å². The molecule has 0 radical (unpaired) electrons. The highest BCUT2D eigenvalue weighted by molar-refractivity contribution is 7.09. The predicted molar refractivity (Wildman–Crippen MR) is 88.3 cm³/mol. The lowest BCUT2D eigenvalue weighted by atomic mass is 9.99. The van der Waals surface area contributed by atoms with E-state index in [1.807, 2.05) is 5.38 Å². The van der Waals surface area contributed by atoms with E-state index in [9.17, 15) is 8.78 Å². The molecule has 1 N–H and O–H groups in total. The Labute approximate surface area is 142 Å². The molecule has 0 bridgehead atoms. The Bertz CT molecular complexity index is 751. The molecule has 126 valence electrons. The van der Waals surface area contributed by atoms with Crippen molar-refractivity contribution in [3.05, 3.63) is 51.5 Å². The molecule has 2 aromatic rings. The maximum Gasteiger partial charge on any atom is 0.175 e. The lowest BCUT2D eigenvalue weighted by Gasteiger charge is -2.20. The average Bonchev–Trinajstić information content (AvgIpc) is 3.25. The van der Waals surface area contributed by atoms with Gasteiger partial charge in [0, 0.05) is 17.7 Å². The number of nitrogens with zero attached hydrogens (tertiary/aromatic N) is 2. The van der Waals surface area contributed by atoms with Crippen LogP contribution in [0.25, 0.3) is 0 Å². The van der Waals surface area contributed by atoms with Crippen LogP contribution in [0.5, 0.6) is 0 Å². The normalized spacial score (nSPS) is 21.6. The zero-order chi connectivity index (χ0) is 16.5. The van der Waals surface area contributed by atoms with Gasteiger partial charge in [-0.1, -0.05) is 11.2 Å². The summed E-state index contributed by atoms with van der Waals surface area (Å²) in [5.41, 5.74) is 0.991. The number of hydrogen-bond donors (Lipinski definition) is 1. The predicted octanol–water partition coefficient (Wildman–Crippen LogP) is 3.75. The number of benzene rings is 1. The van der Waals surface area contributed by atoms with E-state index >= 15 is 0 Å². The fourth-order valence-corrected chi connectivity index (χ4v) is 4.19. The highest BCUT2D eigenvalue weighted by atomic mass is 32.1. The zero-order valence-electron chi connectivity index (χ0n) is 13.0. The summed E-state index contributed by atoms with van der Waals surface area (Å²) in [6.07, 6.45) is 2.12. The molecule has 4 rings (SSSR count). The molecule has 4 nitrogen and oxygen atoms in total. The first-order valence-electron chi connectivity index (χ1n) is 8.05. The molecule has 0 amide bonds. The van der Waals surface area contributed by atoms with Crippen molar-refractivity contribution in [3.63, 3.8) is 0 Å². The van der Waals surface area contributed by atoms with Crippen LogP contribution < -0.4 is 5.32 Å². The second kappa shape index (κ2) is 6.57. The smallest absolute Gasteiger partial charge is 0.175 e. The molecule has 1 saturated heterocycles. The number of halogens is 2. The zero-order valence-corrected chi connectivity index (χ0v) is 13.8. The molecule has 1 aromatic carbocycles. The summed E-state index contributed by atoms with van der Waals surface area (Å²) in [7, 11) is 0. The second-order valence-electron chi connectivity index (χ2n) is 6.07. The average molecular weight is 349 g/mol. The van der Waals surface area contributed by atoms with E-state index in [-0.39, 0.29) is 11.7 Å². The van der Waals surface area contributed by atoms with Crippen molar-refractivity contribution in [3.8, 4) is 0 Å². The van der Waals surface area contributed by atoms with E-state index in [2.05, 4.69) is 10.5 Å². The van der Waals surface area contributed by atoms with Gasteiger partial charge in [0.15, 0.2) is 6.10 Å². The van der Waals surface area contributed by atoms with Crippen LogP contribution in [0, 0.1) is 11.6 Å². The molecule has 1 fully saturated rings. The molecule has 1 unspecified atom stereocenters. The van der Waals surface area contributed by atoms with Crippen molar-refractivity contribution >= 4 is 17.0 Å². The summed E-state index contributed by atoms with van der Waals surface area (Å²) in [6.45, 7) is 2.03. The van der Waals surface area contributed by atoms with Crippen molar-refractivity contribution in [2.45, 2.75) is 31.3 Å². The summed E-state index contributed by atoms with van der Waals surface area (Å²) in [5, 5.41) is 10.3. The third-order valence-corrected chi connectivity index (χ3v) is 5.50. The van der Waals surface area contributed by atoms with Gasteiger partial charge < -0.3 is 10.2 Å². The van der Waals surface area contributed by atoms with Crippen LogP contribution >= 0.6 is 11.3 Å². The first kappa shape index (κ1) is 15.7. The van der Waals surface area contributed by atoms with Gasteiger partial charge in [-0.25, -0.2) is 13.8 Å². The fraction of sp³-hybridized carbons (Fsp3) is 0.412. The quantitative estimate of drug-likeness (QED) is 0.918. The van der Waals surface area contributed by atoms with E-state index in [1.165, 1.54) is 18.2 Å². The fourth-order valence-electron chi connectivity index (χ4n) is 3.16. The number of aromatic nitrogens is 1. The Morgan fingerprint density at radius 1 is 1.17 bits per heavy atom. The number of rotatable bonds is 3. The lowest BCUT2D eigenvalue weighted by Crippen LogP contribution is -2.26. The van der Waals surface area contributed by atoms with Crippen molar-refractivity contribution in [2.75, 3.05) is 13.1 Å². The minimum atomic E-state index is -0.619. The molecule has 2 aliphatic rings. The van der Waals surface area contributed by atoms with Crippen LogP contribution in [-0.4, -0.2) is 23.8 Å². The molecule has 0 saturated carbocycles. The molecule has 7 heteroatoms. The third kappa shape index (κ3) is 2.93. The largest absolute Gasteiger partial charge is 0.385 e. The van der Waals surface area contributed by atoms with Gasteiger partial charge in [0.05, 0.1) is 22.0 Å². The summed E-state index contributed by atoms with van der Waals surface area (Å²) < 4.78 is 27.8. The highest BCUT2D eigenvalue weighted by Gasteiger charge is 2.30. The Morgan fingerprint density at radius 3 is 2.67 bits per heavy atom. The van der Waals surface area contributed by atoms with Gasteiger partial charge in [-0.05, 0) is 38.1 Å². The van der Waals surface area contributed by atoms with Gasteiger partial charge in [-0.15, -0.1) is 11.3 Å². The van der Waals surface area contributed by atoms with E-state index in [1.54, 1.807) is 11.3 Å². The van der Waals surface area contributed by atoms with Gasteiger partial charge in [0.25, 0.3) is 0 Å². The van der Waals surface area contributed by atoms with E-state index in [4.69, 9.17) is 9.82 Å². The molecule has 3 heterocycles. The molecule has 0 aliphatic carbocycles. The number of hydrogen-bond acceptors (Lipinski definition) is 5. The number of thiazole rings is 1. The summed E-state index contributed by atoms with van der Waals surface area (Å²) in [4.78, 5) is 10.1. The number of nitrogens with one attached hydrogen (secondary N) is 1. The van der Waals surface area contributed by atoms with Gasteiger partial charge >= 0.3 is 0 Å². The Balaban J connectivity index is 1.49. The maximum atomic E-state index is 13.9. The number of piperidine rings is 1. The highest BCUT2D eigenvalue weighted by Crippen LogP contribution is 2.34. The van der Waals surface area contributed by atoms with E-state index in [0.29, 0.717) is 18.1 Å². The topological polar surface area (TPSA) is 46.5 Å². The molecule has 24 heavy (non-hydrogen) atoms. The maximum absolute atomic E-state index is 13.9. The van der Waals surface area contributed by atoms with Gasteiger partial charge in [-0.3, -0.25) is 0 Å². The Hall–Kier alpha value is -1.86. The standard InChI is InChI=1S/C17H17F2N3OS/c18-11-2-1-3-12(19)16(11)13-8-15(23-22-13)14-9-24-17(21-14)10-4-6-20-7-5-10/h1-3,9-10,15,20H,4-8H2. The van der Waals surface area contributed by atoms with Crippen LogP contribution in [0.4, 0.5) is 8.78 Å². The minimum absolute atomic E-state index is 0.103. The van der Waals surface area contributed by atoms with Crippen LogP contribution in [0.15, 0.2) is 28.7 Å². The van der Waals surface area contributed by atoms with Crippen LogP contribution in [0.2, 0.25) is 0 Å². The van der Waals surface area contributed by atoms with Crippen LogP contribution in [-0.2, 0) is 4.84 Å². The van der Waals surface area contributed by atoms with Crippen molar-refractivity contribution in [1.82, 2.24) is 10.3 Å². The van der Waals surface area contributed by atoms with Crippen LogP contribution in [0.1, 0.15) is 47.5 Å². The summed E-state index contributed by atoms with van der Waals surface area (Å²) in [5.74, 6) is -0.755. The molecule has 2 aliphatic heterocycles. The van der Waals surface area contributed by atoms with E-state index in [0.717, 1.165) is 36.6 Å². The van der Waals surface area contributed by atoms with Gasteiger partial charge in [0.2, 0.25) is 0 Å². The van der Waals surface area contributed by atoms with Gasteiger partial charge in [-0.2, -0.15) is 0 Å². The molecular weight excluding hydrogens is 332 g/mol. The first-order valence-corrected chi connectivity index (χ1v) is 8.93. The van der Waals surface area contributed by atoms with Crippen molar-refractivity contribution in [2.24, 2.45) is 5.16 Å². The lowest BCUT2D eigenvalue weighted by molar-refractivity contribution is 0.0828. The van der Waals surface area contributed by atoms with Crippen LogP contribution in [0.3, 0.4) is 0 Å². The van der Waals surface area contributed by atoms with Crippen molar-refractivity contribution < 1.29 is 13.6 Å². The Morgan fingerprint density at radius 2 is 1.92 bits per heavy atom. The molecule has 1 aromatic heterocycles. The molecular formula is C17H17F2N3OS. The molecule has 0 spiro atoms. The van der Waals surface area contributed by atoms with Gasteiger partial charge in [0.1, 0.15) is 11.6 Å². The minimum Gasteiger partial charge on any atom is -0.385 e. The number of oxime groups is 1.